The Morgan fingerprint density at radius 1 is 1.10 bits per heavy atom. The lowest BCUT2D eigenvalue weighted by Crippen LogP contribution is -2.41. The summed E-state index contributed by atoms with van der Waals surface area (Å²) in [5, 5.41) is 8.80. The largest absolute Gasteiger partial charge is 0.493 e. The zero-order valence-electron chi connectivity index (χ0n) is 22.9. The summed E-state index contributed by atoms with van der Waals surface area (Å²) in [5.74, 6) is -0.818. The highest BCUT2D eigenvalue weighted by Gasteiger charge is 2.28. The van der Waals surface area contributed by atoms with E-state index in [2.05, 4.69) is 20.7 Å². The third kappa shape index (κ3) is 7.89. The van der Waals surface area contributed by atoms with Crippen molar-refractivity contribution in [3.63, 3.8) is 0 Å². The van der Waals surface area contributed by atoms with Gasteiger partial charge in [0.15, 0.2) is 0 Å². The first-order valence-electron chi connectivity index (χ1n) is 13.6. The number of rotatable bonds is 12. The van der Waals surface area contributed by atoms with Crippen LogP contribution in [0, 0.1) is 17.6 Å². The number of methoxy groups -OCH3 is 1. The Bertz CT molecular complexity index is 1150. The van der Waals surface area contributed by atoms with Gasteiger partial charge in [0.05, 0.1) is 20.3 Å². The van der Waals surface area contributed by atoms with Gasteiger partial charge in [-0.1, -0.05) is 0 Å². The van der Waals surface area contributed by atoms with Crippen molar-refractivity contribution in [2.45, 2.75) is 37.8 Å². The summed E-state index contributed by atoms with van der Waals surface area (Å²) < 4.78 is 50.5. The van der Waals surface area contributed by atoms with Gasteiger partial charge in [-0.15, -0.1) is 0 Å². The van der Waals surface area contributed by atoms with Crippen LogP contribution in [0.1, 0.15) is 52.4 Å². The van der Waals surface area contributed by atoms with E-state index in [0.717, 1.165) is 44.1 Å². The molecular formula is C29H37F2N3O6. The number of alkyl carbamates (subject to hydrolysis) is 1. The molecule has 2 aromatic rings. The van der Waals surface area contributed by atoms with Gasteiger partial charge in [0.1, 0.15) is 23.5 Å². The van der Waals surface area contributed by atoms with Crippen LogP contribution >= 0.6 is 0 Å². The minimum atomic E-state index is -0.913. The standard InChI is InChI=1S/C29H37F2N3O6/c1-32-23(10-18-4-3-7-38-17-18)16-34-28(35)20-13-25(24-5-8-39-26(24)14-20)27(40-9-6-33-29(36)37-2)19-11-21(30)15-22(31)12-19/h11-15,18,23,27,32H,3-10,16-17H2,1-2H3,(H,33,36)(H,34,35). The number of carbonyl (C=O) groups excluding carboxylic acids is 2. The monoisotopic (exact) mass is 561 g/mol. The van der Waals surface area contributed by atoms with E-state index in [1.807, 2.05) is 7.05 Å². The van der Waals surface area contributed by atoms with Gasteiger partial charge in [-0.3, -0.25) is 4.79 Å². The van der Waals surface area contributed by atoms with E-state index in [4.69, 9.17) is 14.2 Å². The molecule has 0 radical (unpaired) electrons. The van der Waals surface area contributed by atoms with Crippen molar-refractivity contribution in [1.82, 2.24) is 16.0 Å². The molecule has 2 aliphatic rings. The molecule has 4 rings (SSSR count). The molecule has 2 aliphatic heterocycles. The van der Waals surface area contributed by atoms with E-state index in [0.29, 0.717) is 42.4 Å². The molecule has 40 heavy (non-hydrogen) atoms. The molecular weight excluding hydrogens is 524 g/mol. The molecule has 2 aromatic carbocycles. The number of hydrogen-bond acceptors (Lipinski definition) is 7. The van der Waals surface area contributed by atoms with Gasteiger partial charge in [0, 0.05) is 56.0 Å². The van der Waals surface area contributed by atoms with Crippen LogP contribution in [0.3, 0.4) is 0 Å². The second-order valence-electron chi connectivity index (χ2n) is 10.0. The fourth-order valence-corrected chi connectivity index (χ4v) is 5.20. The molecule has 3 atom stereocenters. The van der Waals surface area contributed by atoms with Crippen LogP contribution in [-0.2, 0) is 20.6 Å². The van der Waals surface area contributed by atoms with Crippen molar-refractivity contribution >= 4 is 12.0 Å². The van der Waals surface area contributed by atoms with Crippen LogP contribution in [0.25, 0.3) is 0 Å². The molecule has 2 amide bonds. The fraction of sp³-hybridized carbons (Fsp3) is 0.517. The molecule has 3 unspecified atom stereocenters. The Kier molecular flexibility index (Phi) is 10.7. The van der Waals surface area contributed by atoms with Gasteiger partial charge < -0.3 is 34.9 Å². The predicted molar refractivity (Wildman–Crippen MR) is 144 cm³/mol. The Labute approximate surface area is 232 Å². The average molecular weight is 562 g/mol. The molecule has 0 aromatic heterocycles. The SMILES string of the molecule is CNC(CNC(=O)c1cc2c(c(C(OCCNC(=O)OC)c3cc(F)cc(F)c3)c1)CCO2)CC1CCCOC1. The fourth-order valence-electron chi connectivity index (χ4n) is 5.20. The Morgan fingerprint density at radius 3 is 2.60 bits per heavy atom. The van der Waals surface area contributed by atoms with E-state index in [1.54, 1.807) is 12.1 Å². The number of benzene rings is 2. The van der Waals surface area contributed by atoms with E-state index in [9.17, 15) is 18.4 Å². The molecule has 0 bridgehead atoms. The highest BCUT2D eigenvalue weighted by Crippen LogP contribution is 2.38. The highest BCUT2D eigenvalue weighted by molar-refractivity contribution is 5.95. The van der Waals surface area contributed by atoms with Gasteiger partial charge in [-0.25, -0.2) is 13.6 Å². The summed E-state index contributed by atoms with van der Waals surface area (Å²) in [7, 11) is 3.12. The van der Waals surface area contributed by atoms with Crippen molar-refractivity contribution in [2.75, 3.05) is 53.7 Å². The molecule has 1 saturated heterocycles. The molecule has 2 heterocycles. The topological polar surface area (TPSA) is 107 Å². The lowest BCUT2D eigenvalue weighted by molar-refractivity contribution is 0.0478. The molecule has 0 aliphatic carbocycles. The number of amides is 2. The highest BCUT2D eigenvalue weighted by atomic mass is 19.1. The molecule has 0 saturated carbocycles. The molecule has 3 N–H and O–H groups in total. The number of likely N-dealkylation sites (N-methyl/N-ethyl adjacent to an activating group) is 1. The lowest BCUT2D eigenvalue weighted by atomic mass is 9.92. The summed E-state index contributed by atoms with van der Waals surface area (Å²) in [5.41, 5.74) is 1.97. The van der Waals surface area contributed by atoms with Crippen molar-refractivity contribution in [3.8, 4) is 5.75 Å². The first-order chi connectivity index (χ1) is 19.4. The number of carbonyl (C=O) groups is 2. The molecule has 218 valence electrons. The van der Waals surface area contributed by atoms with Gasteiger partial charge >= 0.3 is 6.09 Å². The van der Waals surface area contributed by atoms with Crippen LogP contribution in [-0.4, -0.2) is 71.7 Å². The maximum absolute atomic E-state index is 14.2. The van der Waals surface area contributed by atoms with Crippen LogP contribution in [0.2, 0.25) is 0 Å². The van der Waals surface area contributed by atoms with E-state index in [-0.39, 0.29) is 30.7 Å². The normalized spacial score (nSPS) is 17.9. The van der Waals surface area contributed by atoms with Crippen molar-refractivity contribution < 1.29 is 37.3 Å². The maximum Gasteiger partial charge on any atom is 0.406 e. The summed E-state index contributed by atoms with van der Waals surface area (Å²) in [4.78, 5) is 24.7. The quantitative estimate of drug-likeness (QED) is 0.341. The van der Waals surface area contributed by atoms with Gasteiger partial charge in [-0.2, -0.15) is 0 Å². The number of nitrogens with one attached hydrogen (secondary N) is 3. The molecule has 11 heteroatoms. The van der Waals surface area contributed by atoms with Crippen LogP contribution in [0.15, 0.2) is 30.3 Å². The minimum absolute atomic E-state index is 0.0265. The van der Waals surface area contributed by atoms with Gasteiger partial charge in [-0.05, 0) is 67.6 Å². The van der Waals surface area contributed by atoms with Gasteiger partial charge in [0.25, 0.3) is 5.91 Å². The Morgan fingerprint density at radius 2 is 1.90 bits per heavy atom. The van der Waals surface area contributed by atoms with Crippen LogP contribution < -0.4 is 20.7 Å². The summed E-state index contributed by atoms with van der Waals surface area (Å²) in [6, 6.07) is 6.63. The Hall–Kier alpha value is -3.28. The summed E-state index contributed by atoms with van der Waals surface area (Å²) >= 11 is 0. The van der Waals surface area contributed by atoms with Gasteiger partial charge in [0.2, 0.25) is 0 Å². The third-order valence-corrected chi connectivity index (χ3v) is 7.22. The first-order valence-corrected chi connectivity index (χ1v) is 13.6. The zero-order valence-corrected chi connectivity index (χ0v) is 22.9. The van der Waals surface area contributed by atoms with Crippen LogP contribution in [0.5, 0.6) is 5.75 Å². The third-order valence-electron chi connectivity index (χ3n) is 7.22. The molecule has 1 fully saturated rings. The Balaban J connectivity index is 1.55. The van der Waals surface area contributed by atoms with E-state index >= 15 is 0 Å². The first kappa shape index (κ1) is 29.7. The van der Waals surface area contributed by atoms with E-state index < -0.39 is 23.8 Å². The molecule has 9 nitrogen and oxygen atoms in total. The average Bonchev–Trinajstić information content (AvgIpc) is 3.43. The number of fused-ring (bicyclic) bond motifs is 1. The van der Waals surface area contributed by atoms with Crippen LogP contribution in [0.4, 0.5) is 13.6 Å². The summed E-state index contributed by atoms with van der Waals surface area (Å²) in [6.45, 7) is 2.50. The minimum Gasteiger partial charge on any atom is -0.493 e. The maximum atomic E-state index is 14.2. The second kappa shape index (κ2) is 14.4. The number of hydrogen-bond donors (Lipinski definition) is 3. The smallest absolute Gasteiger partial charge is 0.406 e. The van der Waals surface area contributed by atoms with E-state index in [1.165, 1.54) is 19.2 Å². The second-order valence-corrected chi connectivity index (χ2v) is 10.0. The van der Waals surface area contributed by atoms with Crippen molar-refractivity contribution in [2.24, 2.45) is 5.92 Å². The number of halogens is 2. The zero-order chi connectivity index (χ0) is 28.5. The predicted octanol–water partition coefficient (Wildman–Crippen LogP) is 3.50. The van der Waals surface area contributed by atoms with Crippen molar-refractivity contribution in [1.29, 1.82) is 0 Å². The number of ether oxygens (including phenoxy) is 4. The molecule has 0 spiro atoms. The lowest BCUT2D eigenvalue weighted by Gasteiger charge is -2.26. The summed E-state index contributed by atoms with van der Waals surface area (Å²) in [6.07, 6.45) is 2.05. The van der Waals surface area contributed by atoms with Crippen molar-refractivity contribution in [3.05, 3.63) is 64.2 Å².